The molecule has 0 atom stereocenters. The van der Waals surface area contributed by atoms with Crippen molar-refractivity contribution in [2.75, 3.05) is 57.5 Å². The molecule has 5 aliphatic rings. The lowest BCUT2D eigenvalue weighted by molar-refractivity contribution is -0.138. The minimum Gasteiger partial charge on any atom is -0.463 e. The molecule has 0 bridgehead atoms. The molecule has 0 saturated carbocycles. The van der Waals surface area contributed by atoms with Crippen LogP contribution in [-0.2, 0) is 54.2 Å². The van der Waals surface area contributed by atoms with Crippen molar-refractivity contribution in [1.29, 1.82) is 0 Å². The number of carbonyl (C=O) groups excluding carboxylic acids is 4. The van der Waals surface area contributed by atoms with Crippen LogP contribution in [0.1, 0.15) is 105 Å². The number of carbonyl (C=O) groups is 4. The third-order valence-electron chi connectivity index (χ3n) is 11.8. The summed E-state index contributed by atoms with van der Waals surface area (Å²) in [7, 11) is 0. The van der Waals surface area contributed by atoms with Gasteiger partial charge in [-0.3, -0.25) is 0 Å². The molecule has 0 fully saturated rings. The van der Waals surface area contributed by atoms with Crippen molar-refractivity contribution in [3.8, 4) is 11.5 Å². The standard InChI is InChI=1S/C47H51N2O9/c1-3-39(50)54-23-5-7-25-56-46(52)32-17-18-33(36(29-32)47(53)57-26-8-6-24-55-40(51)4-2)41-37-27-30-13-9-19-48-21-11-15-34(42(30)48)44(37)58-45-35-16-12-22-49-20-10-14-31(43(35)49)28-38(41)45/h3-4,17-18,27-29H,1-2,5-16,19-26H2/q+1. The Kier molecular flexibility index (Phi) is 11.8. The van der Waals surface area contributed by atoms with Gasteiger partial charge in [0.05, 0.1) is 43.1 Å². The van der Waals surface area contributed by atoms with Gasteiger partial charge in [-0.25, -0.2) is 23.8 Å². The average Bonchev–Trinajstić information content (AvgIpc) is 3.25. The Hall–Kier alpha value is -5.71. The van der Waals surface area contributed by atoms with Gasteiger partial charge in [0.1, 0.15) is 24.6 Å². The number of esters is 4. The van der Waals surface area contributed by atoms with Gasteiger partial charge in [0.2, 0.25) is 5.36 Å². The Bertz CT molecular complexity index is 2320. The van der Waals surface area contributed by atoms with Gasteiger partial charge in [0.25, 0.3) is 0 Å². The van der Waals surface area contributed by atoms with E-state index in [-0.39, 0.29) is 37.6 Å². The van der Waals surface area contributed by atoms with Crippen molar-refractivity contribution in [3.05, 3.63) is 111 Å². The molecule has 11 nitrogen and oxygen atoms in total. The van der Waals surface area contributed by atoms with Gasteiger partial charge in [0, 0.05) is 71.3 Å². The van der Waals surface area contributed by atoms with Crippen LogP contribution in [0.4, 0.5) is 5.69 Å². The fraction of sp³-hybridized carbons (Fsp3) is 0.426. The Labute approximate surface area is 338 Å². The summed E-state index contributed by atoms with van der Waals surface area (Å²) in [6.45, 7) is 11.6. The molecular formula is C47H51N2O9+. The maximum absolute atomic E-state index is 14.3. The van der Waals surface area contributed by atoms with Crippen molar-refractivity contribution in [3.63, 3.8) is 0 Å². The van der Waals surface area contributed by atoms with Crippen LogP contribution in [0.5, 0.6) is 11.5 Å². The first kappa shape index (κ1) is 39.1. The highest BCUT2D eigenvalue weighted by atomic mass is 16.5. The first-order valence-corrected chi connectivity index (χ1v) is 20.9. The van der Waals surface area contributed by atoms with Gasteiger partial charge in [-0.2, -0.15) is 0 Å². The summed E-state index contributed by atoms with van der Waals surface area (Å²) >= 11 is 0. The minimum atomic E-state index is -0.567. The second-order valence-electron chi connectivity index (χ2n) is 15.5. The first-order chi connectivity index (χ1) is 28.4. The van der Waals surface area contributed by atoms with Gasteiger partial charge in [0.15, 0.2) is 0 Å². The van der Waals surface area contributed by atoms with E-state index in [9.17, 15) is 19.2 Å². The normalized spacial score (nSPS) is 15.8. The predicted octanol–water partition coefficient (Wildman–Crippen LogP) is 5.45. The van der Waals surface area contributed by atoms with Gasteiger partial charge in [-0.15, -0.1) is 0 Å². The molecule has 3 aromatic carbocycles. The van der Waals surface area contributed by atoms with Gasteiger partial charge in [-0.05, 0) is 99.6 Å². The van der Waals surface area contributed by atoms with E-state index in [2.05, 4.69) is 34.8 Å². The molecule has 0 saturated heterocycles. The predicted molar refractivity (Wildman–Crippen MR) is 218 cm³/mol. The lowest BCUT2D eigenvalue weighted by Gasteiger charge is -2.39. The lowest BCUT2D eigenvalue weighted by atomic mass is 9.81. The van der Waals surface area contributed by atoms with E-state index in [1.165, 1.54) is 33.3 Å². The van der Waals surface area contributed by atoms with Gasteiger partial charge < -0.3 is 28.6 Å². The van der Waals surface area contributed by atoms with Gasteiger partial charge >= 0.3 is 23.9 Å². The van der Waals surface area contributed by atoms with Crippen LogP contribution in [-0.4, -0.2) is 76.5 Å². The zero-order chi connectivity index (χ0) is 40.2. The first-order valence-electron chi connectivity index (χ1n) is 20.9. The van der Waals surface area contributed by atoms with Crippen LogP contribution in [0.25, 0.3) is 5.57 Å². The van der Waals surface area contributed by atoms with Crippen molar-refractivity contribution in [2.24, 2.45) is 0 Å². The number of benzene rings is 3. The van der Waals surface area contributed by atoms with E-state index >= 15 is 0 Å². The lowest BCUT2D eigenvalue weighted by Crippen LogP contribution is -2.45. The van der Waals surface area contributed by atoms with Gasteiger partial charge in [-0.1, -0.05) is 19.2 Å². The maximum atomic E-state index is 14.3. The Morgan fingerprint density at radius 1 is 0.672 bits per heavy atom. The monoisotopic (exact) mass is 787 g/mol. The number of unbranched alkanes of at least 4 members (excludes halogenated alkanes) is 2. The van der Waals surface area contributed by atoms with Crippen LogP contribution in [0.2, 0.25) is 0 Å². The maximum Gasteiger partial charge on any atom is 0.338 e. The molecular weight excluding hydrogens is 737 g/mol. The third kappa shape index (κ3) is 7.78. The molecule has 5 aliphatic heterocycles. The number of aryl methyl sites for hydroxylation is 2. The molecule has 5 heterocycles. The second kappa shape index (κ2) is 17.4. The Morgan fingerprint density at radius 3 is 2.00 bits per heavy atom. The van der Waals surface area contributed by atoms with Crippen LogP contribution < -0.4 is 24.8 Å². The Balaban J connectivity index is 1.22. The molecule has 3 aromatic rings. The number of ether oxygens (including phenoxy) is 5. The highest BCUT2D eigenvalue weighted by Crippen LogP contribution is 2.49. The number of fused-ring (bicyclic) bond motifs is 4. The van der Waals surface area contributed by atoms with Crippen LogP contribution in [0.3, 0.4) is 0 Å². The molecule has 0 amide bonds. The highest BCUT2D eigenvalue weighted by molar-refractivity contribution is 6.02. The molecule has 0 aliphatic carbocycles. The number of nitrogens with zero attached hydrogens (tertiary/aromatic N) is 2. The van der Waals surface area contributed by atoms with Crippen LogP contribution in [0.15, 0.2) is 55.6 Å². The van der Waals surface area contributed by atoms with E-state index in [4.69, 9.17) is 23.7 Å². The second-order valence-corrected chi connectivity index (χ2v) is 15.5. The molecule has 0 unspecified atom stereocenters. The van der Waals surface area contributed by atoms with E-state index in [1.54, 1.807) is 12.1 Å². The van der Waals surface area contributed by atoms with Crippen LogP contribution >= 0.6 is 0 Å². The molecule has 0 N–H and O–H groups in total. The molecule has 302 valence electrons. The number of hydrogen-bond acceptors (Lipinski definition) is 10. The summed E-state index contributed by atoms with van der Waals surface area (Å²) in [5, 5.41) is 2.27. The average molecular weight is 788 g/mol. The largest absolute Gasteiger partial charge is 0.463 e. The molecule has 0 spiro atoms. The summed E-state index contributed by atoms with van der Waals surface area (Å²) in [6, 6.07) is 9.75. The SMILES string of the molecule is C=CC(=O)OCCCCOC(=O)c1ccc(C2=c3cc4c5c(c3Oc3c2cc2c6c3CCCN6CCC2)CCC[N+]=5CCC4)c(C(=O)OCCCCOC(=O)C=C)c1. The molecule has 0 aromatic heterocycles. The number of hydrogen-bond donors (Lipinski definition) is 0. The summed E-state index contributed by atoms with van der Waals surface area (Å²) in [6.07, 6.45) is 12.2. The van der Waals surface area contributed by atoms with Crippen molar-refractivity contribution >= 4 is 35.1 Å². The quantitative estimate of drug-likeness (QED) is 0.0506. The topological polar surface area (TPSA) is 121 Å². The molecule has 58 heavy (non-hydrogen) atoms. The van der Waals surface area contributed by atoms with Crippen molar-refractivity contribution in [1.82, 2.24) is 4.58 Å². The summed E-state index contributed by atoms with van der Waals surface area (Å²) in [5.74, 6) is -0.387. The molecule has 11 heteroatoms. The fourth-order valence-corrected chi connectivity index (χ4v) is 9.22. The van der Waals surface area contributed by atoms with E-state index < -0.39 is 23.9 Å². The summed E-state index contributed by atoms with van der Waals surface area (Å²) in [4.78, 5) is 53.3. The zero-order valence-corrected chi connectivity index (χ0v) is 33.2. The van der Waals surface area contributed by atoms with E-state index in [0.29, 0.717) is 31.2 Å². The fourth-order valence-electron chi connectivity index (χ4n) is 9.22. The minimum absolute atomic E-state index is 0.0988. The molecule has 8 rings (SSSR count). The molecule has 0 radical (unpaired) electrons. The van der Waals surface area contributed by atoms with Crippen molar-refractivity contribution in [2.45, 2.75) is 77.0 Å². The van der Waals surface area contributed by atoms with Crippen LogP contribution in [0, 0.1) is 0 Å². The third-order valence-corrected chi connectivity index (χ3v) is 11.8. The zero-order valence-electron chi connectivity index (χ0n) is 33.2. The number of anilines is 1. The van der Waals surface area contributed by atoms with E-state index in [0.717, 1.165) is 118 Å². The summed E-state index contributed by atoms with van der Waals surface area (Å²) < 4.78 is 31.4. The number of rotatable bonds is 15. The van der Waals surface area contributed by atoms with Crippen molar-refractivity contribution < 1.29 is 42.9 Å². The Morgan fingerprint density at radius 2 is 1.29 bits per heavy atom. The summed E-state index contributed by atoms with van der Waals surface area (Å²) in [5.41, 5.74) is 9.42. The smallest absolute Gasteiger partial charge is 0.338 e. The highest BCUT2D eigenvalue weighted by Gasteiger charge is 2.36. The van der Waals surface area contributed by atoms with E-state index in [1.807, 2.05) is 6.07 Å².